The third-order valence-electron chi connectivity index (χ3n) is 3.68. The van der Waals surface area contributed by atoms with Crippen molar-refractivity contribution in [2.24, 2.45) is 0 Å². The van der Waals surface area contributed by atoms with E-state index in [0.29, 0.717) is 6.54 Å². The standard InChI is InChI=1S/C16H17N3O/c1-17-15-13(6-4-9-18-15)11-19-10-8-12-5-2-3-7-14(12)16(19)20/h2-7,9H,8,10-11H2,1H3,(H,17,18). The number of anilines is 1. The van der Waals surface area contributed by atoms with E-state index in [2.05, 4.69) is 10.3 Å². The summed E-state index contributed by atoms with van der Waals surface area (Å²) in [7, 11) is 1.85. The molecule has 20 heavy (non-hydrogen) atoms. The van der Waals surface area contributed by atoms with Crippen LogP contribution in [0.25, 0.3) is 0 Å². The lowest BCUT2D eigenvalue weighted by Crippen LogP contribution is -2.37. The Bertz CT molecular complexity index is 639. The molecule has 0 bridgehead atoms. The van der Waals surface area contributed by atoms with E-state index in [1.54, 1.807) is 6.20 Å². The largest absolute Gasteiger partial charge is 0.373 e. The lowest BCUT2D eigenvalue weighted by Gasteiger charge is -2.29. The van der Waals surface area contributed by atoms with Gasteiger partial charge in [-0.2, -0.15) is 0 Å². The molecule has 0 spiro atoms. The van der Waals surface area contributed by atoms with Gasteiger partial charge in [0, 0.05) is 37.5 Å². The molecule has 0 aliphatic carbocycles. The van der Waals surface area contributed by atoms with Crippen LogP contribution in [-0.2, 0) is 13.0 Å². The zero-order valence-electron chi connectivity index (χ0n) is 11.5. The van der Waals surface area contributed by atoms with E-state index in [0.717, 1.165) is 35.5 Å². The molecule has 0 unspecified atom stereocenters. The van der Waals surface area contributed by atoms with Gasteiger partial charge in [0.05, 0.1) is 0 Å². The van der Waals surface area contributed by atoms with Crippen molar-refractivity contribution in [2.45, 2.75) is 13.0 Å². The van der Waals surface area contributed by atoms with Crippen LogP contribution in [0.2, 0.25) is 0 Å². The van der Waals surface area contributed by atoms with Crippen LogP contribution in [0.15, 0.2) is 42.6 Å². The average Bonchev–Trinajstić information content (AvgIpc) is 2.51. The number of rotatable bonds is 3. The minimum Gasteiger partial charge on any atom is -0.373 e. The van der Waals surface area contributed by atoms with Gasteiger partial charge in [-0.25, -0.2) is 4.98 Å². The zero-order valence-corrected chi connectivity index (χ0v) is 11.5. The summed E-state index contributed by atoms with van der Waals surface area (Å²) in [5.41, 5.74) is 3.02. The van der Waals surface area contributed by atoms with Gasteiger partial charge < -0.3 is 10.2 Å². The molecule has 1 N–H and O–H groups in total. The molecule has 1 amide bonds. The number of pyridine rings is 1. The number of aromatic nitrogens is 1. The van der Waals surface area contributed by atoms with Crippen molar-refractivity contribution >= 4 is 11.7 Å². The molecule has 1 aliphatic rings. The molecule has 102 valence electrons. The third kappa shape index (κ3) is 2.25. The van der Waals surface area contributed by atoms with Crippen molar-refractivity contribution in [3.63, 3.8) is 0 Å². The molecular formula is C16H17N3O. The topological polar surface area (TPSA) is 45.2 Å². The van der Waals surface area contributed by atoms with Crippen molar-refractivity contribution in [1.29, 1.82) is 0 Å². The molecule has 0 radical (unpaired) electrons. The van der Waals surface area contributed by atoms with E-state index in [9.17, 15) is 4.79 Å². The fourth-order valence-electron chi connectivity index (χ4n) is 2.62. The highest BCUT2D eigenvalue weighted by Gasteiger charge is 2.24. The van der Waals surface area contributed by atoms with Gasteiger partial charge in [0.15, 0.2) is 0 Å². The second-order valence-corrected chi connectivity index (χ2v) is 4.89. The minimum absolute atomic E-state index is 0.109. The van der Waals surface area contributed by atoms with Crippen molar-refractivity contribution in [3.05, 3.63) is 59.3 Å². The molecule has 2 heterocycles. The van der Waals surface area contributed by atoms with Gasteiger partial charge in [-0.3, -0.25) is 4.79 Å². The Labute approximate surface area is 118 Å². The summed E-state index contributed by atoms with van der Waals surface area (Å²) in [6, 6.07) is 11.8. The second-order valence-electron chi connectivity index (χ2n) is 4.89. The van der Waals surface area contributed by atoms with Gasteiger partial charge in [0.25, 0.3) is 5.91 Å². The van der Waals surface area contributed by atoms with Crippen molar-refractivity contribution in [1.82, 2.24) is 9.88 Å². The normalized spacial score (nSPS) is 14.1. The number of carbonyl (C=O) groups is 1. The number of nitrogens with zero attached hydrogens (tertiary/aromatic N) is 2. The molecule has 4 heteroatoms. The predicted molar refractivity (Wildman–Crippen MR) is 78.7 cm³/mol. The van der Waals surface area contributed by atoms with Crippen LogP contribution in [0, 0.1) is 0 Å². The molecule has 1 aromatic heterocycles. The molecule has 3 rings (SSSR count). The first kappa shape index (κ1) is 12.7. The van der Waals surface area contributed by atoms with Gasteiger partial charge in [-0.15, -0.1) is 0 Å². The van der Waals surface area contributed by atoms with Crippen molar-refractivity contribution in [2.75, 3.05) is 18.9 Å². The second kappa shape index (κ2) is 5.33. The molecule has 1 aliphatic heterocycles. The highest BCUT2D eigenvalue weighted by molar-refractivity contribution is 5.96. The number of carbonyl (C=O) groups excluding carboxylic acids is 1. The number of benzene rings is 1. The predicted octanol–water partition coefficient (Wildman–Crippen LogP) is 2.32. The van der Waals surface area contributed by atoms with E-state index in [1.807, 2.05) is 48.3 Å². The van der Waals surface area contributed by atoms with E-state index >= 15 is 0 Å². The fraction of sp³-hybridized carbons (Fsp3) is 0.250. The first-order valence-electron chi connectivity index (χ1n) is 6.78. The molecule has 0 saturated carbocycles. The van der Waals surface area contributed by atoms with Crippen molar-refractivity contribution < 1.29 is 4.79 Å². The fourth-order valence-corrected chi connectivity index (χ4v) is 2.62. The molecule has 0 fully saturated rings. The van der Waals surface area contributed by atoms with Gasteiger partial charge in [0.2, 0.25) is 0 Å². The summed E-state index contributed by atoms with van der Waals surface area (Å²) in [5, 5.41) is 3.07. The average molecular weight is 267 g/mol. The van der Waals surface area contributed by atoms with Gasteiger partial charge in [-0.05, 0) is 24.1 Å². The SMILES string of the molecule is CNc1ncccc1CN1CCc2ccccc2C1=O. The maximum Gasteiger partial charge on any atom is 0.254 e. The van der Waals surface area contributed by atoms with E-state index in [1.165, 1.54) is 0 Å². The first-order chi connectivity index (χ1) is 9.79. The lowest BCUT2D eigenvalue weighted by molar-refractivity contribution is 0.0727. The van der Waals surface area contributed by atoms with Crippen LogP contribution in [0.4, 0.5) is 5.82 Å². The Balaban J connectivity index is 1.85. The highest BCUT2D eigenvalue weighted by atomic mass is 16.2. The summed E-state index contributed by atoms with van der Waals surface area (Å²) in [6.07, 6.45) is 2.67. The van der Waals surface area contributed by atoms with Crippen LogP contribution in [0.1, 0.15) is 21.5 Å². The quantitative estimate of drug-likeness (QED) is 0.928. The summed E-state index contributed by atoms with van der Waals surface area (Å²) in [4.78, 5) is 18.7. The van der Waals surface area contributed by atoms with Gasteiger partial charge >= 0.3 is 0 Å². The molecule has 0 saturated heterocycles. The number of amides is 1. The Kier molecular flexibility index (Phi) is 3.37. The summed E-state index contributed by atoms with van der Waals surface area (Å²) >= 11 is 0. The van der Waals surface area contributed by atoms with Crippen LogP contribution in [0.3, 0.4) is 0 Å². The van der Waals surface area contributed by atoms with Crippen molar-refractivity contribution in [3.8, 4) is 0 Å². The number of fused-ring (bicyclic) bond motifs is 1. The Morgan fingerprint density at radius 2 is 2.10 bits per heavy atom. The first-order valence-corrected chi connectivity index (χ1v) is 6.78. The number of nitrogens with one attached hydrogen (secondary N) is 1. The minimum atomic E-state index is 0.109. The Hall–Kier alpha value is -2.36. The van der Waals surface area contributed by atoms with Crippen LogP contribution >= 0.6 is 0 Å². The van der Waals surface area contributed by atoms with Gasteiger partial charge in [0.1, 0.15) is 5.82 Å². The monoisotopic (exact) mass is 267 g/mol. The third-order valence-corrected chi connectivity index (χ3v) is 3.68. The van der Waals surface area contributed by atoms with Crippen LogP contribution < -0.4 is 5.32 Å². The highest BCUT2D eigenvalue weighted by Crippen LogP contribution is 2.22. The van der Waals surface area contributed by atoms with E-state index < -0.39 is 0 Å². The van der Waals surface area contributed by atoms with Crippen LogP contribution in [-0.4, -0.2) is 29.4 Å². The Morgan fingerprint density at radius 3 is 2.95 bits per heavy atom. The van der Waals surface area contributed by atoms with E-state index in [-0.39, 0.29) is 5.91 Å². The van der Waals surface area contributed by atoms with Gasteiger partial charge in [-0.1, -0.05) is 24.3 Å². The maximum absolute atomic E-state index is 12.5. The summed E-state index contributed by atoms with van der Waals surface area (Å²) < 4.78 is 0. The summed E-state index contributed by atoms with van der Waals surface area (Å²) in [6.45, 7) is 1.35. The zero-order chi connectivity index (χ0) is 13.9. The molecule has 4 nitrogen and oxygen atoms in total. The Morgan fingerprint density at radius 1 is 1.25 bits per heavy atom. The number of hydrogen-bond donors (Lipinski definition) is 1. The molecular weight excluding hydrogens is 250 g/mol. The van der Waals surface area contributed by atoms with E-state index in [4.69, 9.17) is 0 Å². The smallest absolute Gasteiger partial charge is 0.254 e. The molecule has 1 aromatic carbocycles. The summed E-state index contributed by atoms with van der Waals surface area (Å²) in [5.74, 6) is 0.942. The van der Waals surface area contributed by atoms with Crippen LogP contribution in [0.5, 0.6) is 0 Å². The lowest BCUT2D eigenvalue weighted by atomic mass is 9.99. The maximum atomic E-state index is 12.5. The molecule has 0 atom stereocenters. The number of hydrogen-bond acceptors (Lipinski definition) is 3. The molecule has 2 aromatic rings.